The van der Waals surface area contributed by atoms with Crippen LogP contribution in [0.4, 0.5) is 11.5 Å². The van der Waals surface area contributed by atoms with E-state index in [0.717, 1.165) is 0 Å². The molecule has 1 unspecified atom stereocenters. The Kier molecular flexibility index (Phi) is 3.63. The van der Waals surface area contributed by atoms with Crippen LogP contribution in [-0.2, 0) is 4.74 Å². The molecule has 98 valence electrons. The van der Waals surface area contributed by atoms with Crippen molar-refractivity contribution in [1.82, 2.24) is 4.98 Å². The molecule has 0 amide bonds. The lowest BCUT2D eigenvalue weighted by atomic mass is 10.2. The summed E-state index contributed by atoms with van der Waals surface area (Å²) in [5.41, 5.74) is 5.99. The van der Waals surface area contributed by atoms with Crippen LogP contribution in [0.5, 0.6) is 0 Å². The van der Waals surface area contributed by atoms with Crippen molar-refractivity contribution < 1.29 is 19.7 Å². The molecule has 7 nitrogen and oxygen atoms in total. The summed E-state index contributed by atoms with van der Waals surface area (Å²) < 4.78 is 5.32. The quantitative estimate of drug-likeness (QED) is 0.670. The topological polar surface area (TPSA) is 109 Å². The number of carbonyl (C=O) groups is 1. The Bertz CT molecular complexity index is 452. The van der Waals surface area contributed by atoms with Crippen molar-refractivity contribution in [2.45, 2.75) is 6.10 Å². The molecule has 1 aromatic rings. The van der Waals surface area contributed by atoms with Crippen molar-refractivity contribution in [3.05, 3.63) is 17.8 Å². The van der Waals surface area contributed by atoms with Gasteiger partial charge in [0.1, 0.15) is 0 Å². The summed E-state index contributed by atoms with van der Waals surface area (Å²) in [4.78, 5) is 16.9. The second-order valence-corrected chi connectivity index (χ2v) is 4.02. The fraction of sp³-hybridized carbons (Fsp3) is 0.455. The molecular weight excluding hydrogens is 238 g/mol. The molecule has 18 heavy (non-hydrogen) atoms. The molecule has 0 aliphatic carbocycles. The van der Waals surface area contributed by atoms with E-state index in [1.807, 2.05) is 4.90 Å². The highest BCUT2D eigenvalue weighted by Crippen LogP contribution is 2.25. The van der Waals surface area contributed by atoms with Crippen LogP contribution in [0.15, 0.2) is 12.3 Å². The number of aromatic nitrogens is 1. The van der Waals surface area contributed by atoms with E-state index >= 15 is 0 Å². The minimum Gasteiger partial charge on any atom is -0.478 e. The van der Waals surface area contributed by atoms with E-state index in [9.17, 15) is 4.79 Å². The lowest BCUT2D eigenvalue weighted by Gasteiger charge is -2.33. The zero-order chi connectivity index (χ0) is 13.1. The molecule has 2 heterocycles. The second-order valence-electron chi connectivity index (χ2n) is 4.02. The first-order valence-corrected chi connectivity index (χ1v) is 5.58. The van der Waals surface area contributed by atoms with Crippen LogP contribution in [0.2, 0.25) is 0 Å². The van der Waals surface area contributed by atoms with E-state index in [2.05, 4.69) is 4.98 Å². The molecule has 0 aromatic carbocycles. The van der Waals surface area contributed by atoms with E-state index in [1.54, 1.807) is 0 Å². The smallest absolute Gasteiger partial charge is 0.337 e. The lowest BCUT2D eigenvalue weighted by Crippen LogP contribution is -2.44. The van der Waals surface area contributed by atoms with Gasteiger partial charge in [-0.15, -0.1) is 0 Å². The number of carboxylic acid groups (broad SMARTS) is 1. The van der Waals surface area contributed by atoms with Crippen LogP contribution in [0.3, 0.4) is 0 Å². The first-order valence-electron chi connectivity index (χ1n) is 5.58. The number of rotatable bonds is 3. The van der Waals surface area contributed by atoms with Gasteiger partial charge in [-0.1, -0.05) is 0 Å². The van der Waals surface area contributed by atoms with Gasteiger partial charge in [-0.05, 0) is 6.07 Å². The van der Waals surface area contributed by atoms with Crippen molar-refractivity contribution in [3.63, 3.8) is 0 Å². The van der Waals surface area contributed by atoms with Crippen LogP contribution < -0.4 is 10.6 Å². The van der Waals surface area contributed by atoms with Gasteiger partial charge >= 0.3 is 5.97 Å². The zero-order valence-corrected chi connectivity index (χ0v) is 9.74. The first-order chi connectivity index (χ1) is 8.63. The summed E-state index contributed by atoms with van der Waals surface area (Å²) in [5, 5.41) is 18.1. The average molecular weight is 253 g/mol. The van der Waals surface area contributed by atoms with E-state index in [1.165, 1.54) is 12.3 Å². The van der Waals surface area contributed by atoms with Crippen molar-refractivity contribution in [2.75, 3.05) is 36.9 Å². The van der Waals surface area contributed by atoms with Gasteiger partial charge in [-0.2, -0.15) is 0 Å². The van der Waals surface area contributed by atoms with Crippen LogP contribution in [0, 0.1) is 0 Å². The maximum absolute atomic E-state index is 11.0. The largest absolute Gasteiger partial charge is 0.478 e. The van der Waals surface area contributed by atoms with E-state index < -0.39 is 5.97 Å². The molecule has 1 aliphatic rings. The van der Waals surface area contributed by atoms with Crippen molar-refractivity contribution in [2.24, 2.45) is 0 Å². The number of nitrogen functional groups attached to an aromatic ring is 1. The number of aromatic carboxylic acids is 1. The molecule has 4 N–H and O–H groups in total. The predicted octanol–water partition coefficient (Wildman–Crippen LogP) is -0.441. The third-order valence-corrected chi connectivity index (χ3v) is 2.84. The fourth-order valence-electron chi connectivity index (χ4n) is 1.92. The van der Waals surface area contributed by atoms with Crippen molar-refractivity contribution in [1.29, 1.82) is 0 Å². The summed E-state index contributed by atoms with van der Waals surface area (Å²) in [5.74, 6) is -0.653. The summed E-state index contributed by atoms with van der Waals surface area (Å²) in [6.07, 6.45) is 1.12. The number of morpholine rings is 1. The molecule has 0 radical (unpaired) electrons. The summed E-state index contributed by atoms with van der Waals surface area (Å²) in [6.45, 7) is 1.37. The molecule has 1 saturated heterocycles. The molecule has 0 saturated carbocycles. The highest BCUT2D eigenvalue weighted by atomic mass is 16.5. The minimum absolute atomic E-state index is 0.0343. The highest BCUT2D eigenvalue weighted by Gasteiger charge is 2.24. The molecule has 7 heteroatoms. The molecule has 0 bridgehead atoms. The number of carboxylic acids is 1. The van der Waals surface area contributed by atoms with Gasteiger partial charge in [0.05, 0.1) is 30.6 Å². The summed E-state index contributed by atoms with van der Waals surface area (Å²) >= 11 is 0. The standard InChI is InChI=1S/C11H15N3O4/c12-9-8(11(16)17)1-2-13-10(9)14-3-4-18-7(5-14)6-15/h1-2,7,15H,3-6,12H2,(H,16,17). The number of nitrogens with zero attached hydrogens (tertiary/aromatic N) is 2. The monoisotopic (exact) mass is 253 g/mol. The molecule has 1 fully saturated rings. The third-order valence-electron chi connectivity index (χ3n) is 2.84. The second kappa shape index (κ2) is 5.19. The van der Waals surface area contributed by atoms with Gasteiger partial charge < -0.3 is 25.6 Å². The Labute approximate surface area is 104 Å². The molecule has 1 aromatic heterocycles. The van der Waals surface area contributed by atoms with Gasteiger partial charge in [0.2, 0.25) is 0 Å². The van der Waals surface area contributed by atoms with Crippen LogP contribution in [0.25, 0.3) is 0 Å². The van der Waals surface area contributed by atoms with Gasteiger partial charge in [-0.3, -0.25) is 0 Å². The van der Waals surface area contributed by atoms with Crippen LogP contribution in [-0.4, -0.2) is 53.6 Å². The maximum Gasteiger partial charge on any atom is 0.337 e. The molecular formula is C11H15N3O4. The number of aliphatic hydroxyl groups is 1. The highest BCUT2D eigenvalue weighted by molar-refractivity contribution is 5.96. The van der Waals surface area contributed by atoms with Crippen LogP contribution in [0.1, 0.15) is 10.4 Å². The van der Waals surface area contributed by atoms with Crippen LogP contribution >= 0.6 is 0 Å². The Hall–Kier alpha value is -1.86. The molecule has 1 atom stereocenters. The minimum atomic E-state index is -1.08. The number of pyridine rings is 1. The first kappa shape index (κ1) is 12.6. The summed E-state index contributed by atoms with van der Waals surface area (Å²) in [7, 11) is 0. The Morgan fingerprint density at radius 3 is 3.11 bits per heavy atom. The molecule has 2 rings (SSSR count). The third kappa shape index (κ3) is 2.36. The number of hydrogen-bond donors (Lipinski definition) is 3. The number of anilines is 2. The van der Waals surface area contributed by atoms with Crippen molar-refractivity contribution >= 4 is 17.5 Å². The number of nitrogens with two attached hydrogens (primary N) is 1. The van der Waals surface area contributed by atoms with E-state index in [0.29, 0.717) is 25.5 Å². The zero-order valence-electron chi connectivity index (χ0n) is 9.74. The number of ether oxygens (including phenoxy) is 1. The molecule has 1 aliphatic heterocycles. The Morgan fingerprint density at radius 1 is 1.67 bits per heavy atom. The van der Waals surface area contributed by atoms with Gasteiger partial charge in [0.15, 0.2) is 5.82 Å². The number of aliphatic hydroxyl groups excluding tert-OH is 1. The Morgan fingerprint density at radius 2 is 2.44 bits per heavy atom. The van der Waals surface area contributed by atoms with Gasteiger partial charge in [0.25, 0.3) is 0 Å². The average Bonchev–Trinajstić information content (AvgIpc) is 2.38. The number of hydrogen-bond acceptors (Lipinski definition) is 6. The predicted molar refractivity (Wildman–Crippen MR) is 64.6 cm³/mol. The Balaban J connectivity index is 2.27. The van der Waals surface area contributed by atoms with E-state index in [4.69, 9.17) is 20.7 Å². The summed E-state index contributed by atoms with van der Waals surface area (Å²) in [6, 6.07) is 1.37. The normalized spacial score (nSPS) is 19.8. The van der Waals surface area contributed by atoms with E-state index in [-0.39, 0.29) is 24.0 Å². The molecule has 0 spiro atoms. The van der Waals surface area contributed by atoms with Gasteiger partial charge in [-0.25, -0.2) is 9.78 Å². The maximum atomic E-state index is 11.0. The SMILES string of the molecule is Nc1c(C(=O)O)ccnc1N1CCOC(CO)C1. The lowest BCUT2D eigenvalue weighted by molar-refractivity contribution is 0.00340. The van der Waals surface area contributed by atoms with Crippen molar-refractivity contribution in [3.8, 4) is 0 Å². The van der Waals surface area contributed by atoms with Gasteiger partial charge in [0, 0.05) is 19.3 Å². The fourth-order valence-corrected chi connectivity index (χ4v) is 1.92.